The Morgan fingerprint density at radius 1 is 1.20 bits per heavy atom. The maximum absolute atomic E-state index is 4.58. The molecule has 108 valence electrons. The van der Waals surface area contributed by atoms with Crippen LogP contribution in [0.5, 0.6) is 0 Å². The summed E-state index contributed by atoms with van der Waals surface area (Å²) in [7, 11) is 0. The molecule has 4 heteroatoms. The lowest BCUT2D eigenvalue weighted by atomic mass is 10.1. The minimum atomic E-state index is 0.592. The van der Waals surface area contributed by atoms with E-state index in [0.717, 1.165) is 23.9 Å². The van der Waals surface area contributed by atoms with E-state index in [1.165, 1.54) is 15.6 Å². The molecule has 0 fully saturated rings. The van der Waals surface area contributed by atoms with Crippen LogP contribution in [0.4, 0.5) is 5.95 Å². The third-order valence-electron chi connectivity index (χ3n) is 3.19. The first-order chi connectivity index (χ1) is 9.38. The van der Waals surface area contributed by atoms with Crippen molar-refractivity contribution in [2.45, 2.75) is 34.6 Å². The molecule has 0 saturated heterocycles. The molecule has 1 N–H and O–H groups in total. The lowest BCUT2D eigenvalue weighted by Crippen LogP contribution is -2.12. The average Bonchev–Trinajstić information content (AvgIpc) is 2.74. The molecule has 2 aromatic rings. The van der Waals surface area contributed by atoms with Crippen molar-refractivity contribution < 1.29 is 0 Å². The number of aromatic nitrogens is 2. The lowest BCUT2D eigenvalue weighted by Gasteiger charge is -2.13. The van der Waals surface area contributed by atoms with Gasteiger partial charge in [0.2, 0.25) is 5.95 Å². The molecular weight excluding hydrogens is 314 g/mol. The van der Waals surface area contributed by atoms with E-state index in [1.807, 2.05) is 6.92 Å². The van der Waals surface area contributed by atoms with Crippen molar-refractivity contribution in [1.82, 2.24) is 9.55 Å². The summed E-state index contributed by atoms with van der Waals surface area (Å²) in [5.41, 5.74) is 4.65. The standard InChI is InChI=1S/C16H22BrN3/c1-10(2)8-18-16-19-13(5)9-20(16)14-6-11(3)15(17)12(4)7-14/h6-7,9-10H,8H2,1-5H3,(H,18,19). The molecule has 1 aromatic heterocycles. The summed E-state index contributed by atoms with van der Waals surface area (Å²) in [6.07, 6.45) is 2.07. The van der Waals surface area contributed by atoms with Gasteiger partial charge in [0.1, 0.15) is 0 Å². The molecule has 0 saturated carbocycles. The third kappa shape index (κ3) is 3.23. The van der Waals surface area contributed by atoms with E-state index in [-0.39, 0.29) is 0 Å². The van der Waals surface area contributed by atoms with E-state index in [2.05, 4.69) is 76.8 Å². The van der Waals surface area contributed by atoms with Gasteiger partial charge in [-0.3, -0.25) is 4.57 Å². The Bertz CT molecular complexity index is 591. The normalized spacial score (nSPS) is 11.2. The minimum absolute atomic E-state index is 0.592. The summed E-state index contributed by atoms with van der Waals surface area (Å²) in [6.45, 7) is 11.6. The van der Waals surface area contributed by atoms with Gasteiger partial charge in [0.05, 0.1) is 5.69 Å². The van der Waals surface area contributed by atoms with Crippen LogP contribution >= 0.6 is 15.9 Å². The van der Waals surface area contributed by atoms with Gasteiger partial charge in [-0.1, -0.05) is 29.8 Å². The monoisotopic (exact) mass is 335 g/mol. The van der Waals surface area contributed by atoms with Gasteiger partial charge in [-0.25, -0.2) is 4.98 Å². The van der Waals surface area contributed by atoms with Crippen molar-refractivity contribution in [1.29, 1.82) is 0 Å². The SMILES string of the molecule is Cc1cn(-c2cc(C)c(Br)c(C)c2)c(NCC(C)C)n1. The van der Waals surface area contributed by atoms with E-state index in [1.54, 1.807) is 0 Å². The van der Waals surface area contributed by atoms with E-state index in [4.69, 9.17) is 0 Å². The molecule has 20 heavy (non-hydrogen) atoms. The molecule has 0 aliphatic carbocycles. The maximum atomic E-state index is 4.58. The van der Waals surface area contributed by atoms with Gasteiger partial charge in [-0.2, -0.15) is 0 Å². The van der Waals surface area contributed by atoms with Crippen LogP contribution < -0.4 is 5.32 Å². The van der Waals surface area contributed by atoms with Gasteiger partial charge in [0.25, 0.3) is 0 Å². The number of anilines is 1. The predicted molar refractivity (Wildman–Crippen MR) is 88.8 cm³/mol. The topological polar surface area (TPSA) is 29.9 Å². The van der Waals surface area contributed by atoms with E-state index in [9.17, 15) is 0 Å². The fourth-order valence-corrected chi connectivity index (χ4v) is 2.41. The Hall–Kier alpha value is -1.29. The van der Waals surface area contributed by atoms with E-state index >= 15 is 0 Å². The summed E-state index contributed by atoms with van der Waals surface area (Å²) in [6, 6.07) is 4.36. The van der Waals surface area contributed by atoms with Crippen molar-refractivity contribution in [2.75, 3.05) is 11.9 Å². The molecule has 0 aliphatic heterocycles. The number of nitrogens with one attached hydrogen (secondary N) is 1. The minimum Gasteiger partial charge on any atom is -0.355 e. The summed E-state index contributed by atoms with van der Waals surface area (Å²) in [5.74, 6) is 1.51. The Balaban J connectivity index is 2.42. The van der Waals surface area contributed by atoms with Gasteiger partial charge < -0.3 is 5.32 Å². The molecule has 0 aliphatic rings. The van der Waals surface area contributed by atoms with Gasteiger partial charge in [0, 0.05) is 22.9 Å². The molecule has 0 atom stereocenters. The van der Waals surface area contributed by atoms with Crippen LogP contribution in [0.2, 0.25) is 0 Å². The highest BCUT2D eigenvalue weighted by Crippen LogP contribution is 2.26. The number of imidazole rings is 1. The zero-order valence-corrected chi connectivity index (χ0v) is 14.4. The molecule has 0 unspecified atom stereocenters. The van der Waals surface area contributed by atoms with Crippen molar-refractivity contribution >= 4 is 21.9 Å². The second-order valence-corrected chi connectivity index (χ2v) is 6.54. The molecule has 1 heterocycles. The molecule has 0 radical (unpaired) electrons. The molecule has 0 amide bonds. The maximum Gasteiger partial charge on any atom is 0.207 e. The van der Waals surface area contributed by atoms with Crippen LogP contribution in [0, 0.1) is 26.7 Å². The highest BCUT2D eigenvalue weighted by atomic mass is 79.9. The molecule has 1 aromatic carbocycles. The average molecular weight is 336 g/mol. The van der Waals surface area contributed by atoms with Crippen molar-refractivity contribution in [2.24, 2.45) is 5.92 Å². The second kappa shape index (κ2) is 6.00. The number of aryl methyl sites for hydroxylation is 3. The first-order valence-corrected chi connectivity index (χ1v) is 7.74. The van der Waals surface area contributed by atoms with Crippen LogP contribution in [0.1, 0.15) is 30.7 Å². The van der Waals surface area contributed by atoms with Crippen molar-refractivity contribution in [3.05, 3.63) is 39.6 Å². The lowest BCUT2D eigenvalue weighted by molar-refractivity contribution is 0.683. The smallest absolute Gasteiger partial charge is 0.207 e. The zero-order valence-electron chi connectivity index (χ0n) is 12.8. The quantitative estimate of drug-likeness (QED) is 0.882. The fraction of sp³-hybridized carbons (Fsp3) is 0.438. The summed E-state index contributed by atoms with van der Waals surface area (Å²) >= 11 is 3.62. The van der Waals surface area contributed by atoms with Gasteiger partial charge in [-0.15, -0.1) is 0 Å². The first kappa shape index (κ1) is 15.1. The Labute approximate surface area is 129 Å². The van der Waals surface area contributed by atoms with Crippen LogP contribution in [0.25, 0.3) is 5.69 Å². The number of halogens is 1. The van der Waals surface area contributed by atoms with Gasteiger partial charge in [-0.05, 0) is 49.9 Å². The van der Waals surface area contributed by atoms with E-state index < -0.39 is 0 Å². The summed E-state index contributed by atoms with van der Waals surface area (Å²) < 4.78 is 3.30. The van der Waals surface area contributed by atoms with Crippen LogP contribution in [0.3, 0.4) is 0 Å². The third-order valence-corrected chi connectivity index (χ3v) is 4.45. The number of hydrogen-bond acceptors (Lipinski definition) is 2. The predicted octanol–water partition coefficient (Wildman–Crippen LogP) is 4.63. The van der Waals surface area contributed by atoms with Gasteiger partial charge >= 0.3 is 0 Å². The number of benzene rings is 1. The zero-order chi connectivity index (χ0) is 14.9. The molecule has 3 nitrogen and oxygen atoms in total. The Morgan fingerprint density at radius 2 is 1.80 bits per heavy atom. The second-order valence-electron chi connectivity index (χ2n) is 5.74. The summed E-state index contributed by atoms with van der Waals surface area (Å²) in [4.78, 5) is 4.58. The molecule has 0 spiro atoms. The Morgan fingerprint density at radius 3 is 2.35 bits per heavy atom. The van der Waals surface area contributed by atoms with Crippen molar-refractivity contribution in [3.8, 4) is 5.69 Å². The first-order valence-electron chi connectivity index (χ1n) is 6.95. The van der Waals surface area contributed by atoms with E-state index in [0.29, 0.717) is 5.92 Å². The fourth-order valence-electron chi connectivity index (χ4n) is 2.18. The number of rotatable bonds is 4. The highest BCUT2D eigenvalue weighted by molar-refractivity contribution is 9.10. The number of nitrogens with zero attached hydrogens (tertiary/aromatic N) is 2. The molecular formula is C16H22BrN3. The van der Waals surface area contributed by atoms with Crippen LogP contribution in [-0.2, 0) is 0 Å². The number of hydrogen-bond donors (Lipinski definition) is 1. The van der Waals surface area contributed by atoms with Gasteiger partial charge in [0.15, 0.2) is 0 Å². The van der Waals surface area contributed by atoms with Crippen LogP contribution in [-0.4, -0.2) is 16.1 Å². The Kier molecular flexibility index (Phi) is 4.53. The molecule has 0 bridgehead atoms. The largest absolute Gasteiger partial charge is 0.355 e. The highest BCUT2D eigenvalue weighted by Gasteiger charge is 2.10. The summed E-state index contributed by atoms with van der Waals surface area (Å²) in [5, 5.41) is 3.43. The van der Waals surface area contributed by atoms with Crippen LogP contribution in [0.15, 0.2) is 22.8 Å². The molecule has 2 rings (SSSR count). The van der Waals surface area contributed by atoms with Crippen molar-refractivity contribution in [3.63, 3.8) is 0 Å².